The lowest BCUT2D eigenvalue weighted by atomic mass is 9.97. The van der Waals surface area contributed by atoms with Gasteiger partial charge in [0.05, 0.1) is 18.7 Å². The number of carbonyl (C=O) groups is 1. The Morgan fingerprint density at radius 1 is 1.41 bits per heavy atom. The van der Waals surface area contributed by atoms with Gasteiger partial charge >= 0.3 is 5.97 Å². The number of nitrogens with zero attached hydrogens (tertiary/aromatic N) is 2. The van der Waals surface area contributed by atoms with Crippen molar-refractivity contribution >= 4 is 5.97 Å². The molecule has 1 saturated heterocycles. The first-order chi connectivity index (χ1) is 10.5. The first-order valence-corrected chi connectivity index (χ1v) is 7.37. The van der Waals surface area contributed by atoms with Gasteiger partial charge in [0.15, 0.2) is 5.75 Å². The zero-order valence-corrected chi connectivity index (χ0v) is 12.7. The Balaban J connectivity index is 2.07. The summed E-state index contributed by atoms with van der Waals surface area (Å²) < 4.78 is 6.85. The van der Waals surface area contributed by atoms with Gasteiger partial charge < -0.3 is 19.5 Å². The van der Waals surface area contributed by atoms with Crippen molar-refractivity contribution in [1.82, 2.24) is 9.47 Å². The minimum atomic E-state index is -0.735. The average molecular weight is 310 g/mol. The van der Waals surface area contributed by atoms with Gasteiger partial charge in [-0.2, -0.15) is 0 Å². The monoisotopic (exact) mass is 310 g/mol. The predicted octanol–water partition coefficient (Wildman–Crippen LogP) is 0.497. The molecule has 7 heteroatoms. The van der Waals surface area contributed by atoms with E-state index < -0.39 is 11.4 Å². The Bertz CT molecular complexity index is 576. The molecule has 0 amide bonds. The highest BCUT2D eigenvalue weighted by Gasteiger charge is 2.24. The first kappa shape index (κ1) is 16.5. The van der Waals surface area contributed by atoms with Gasteiger partial charge in [-0.15, -0.1) is 0 Å². The molecular formula is C15H22N2O5. The standard InChI is InChI=1S/C15H22N2O5/c1-22-7-6-17-10-14(19)13(18)8-12(17)9-16-4-2-11(3-5-16)15(20)21/h8,10-11,19H,2-7,9H2,1H3,(H,20,21). The van der Waals surface area contributed by atoms with Crippen molar-refractivity contribution in [3.05, 3.63) is 28.2 Å². The molecule has 0 aromatic carbocycles. The lowest BCUT2D eigenvalue weighted by Gasteiger charge is -2.30. The van der Waals surface area contributed by atoms with Gasteiger partial charge in [-0.25, -0.2) is 0 Å². The Hall–Kier alpha value is -1.86. The highest BCUT2D eigenvalue weighted by molar-refractivity contribution is 5.70. The zero-order chi connectivity index (χ0) is 16.1. The lowest BCUT2D eigenvalue weighted by Crippen LogP contribution is -2.36. The van der Waals surface area contributed by atoms with Gasteiger partial charge in [0.1, 0.15) is 0 Å². The van der Waals surface area contributed by atoms with E-state index in [1.165, 1.54) is 12.3 Å². The van der Waals surface area contributed by atoms with Gasteiger partial charge in [-0.3, -0.25) is 14.5 Å². The van der Waals surface area contributed by atoms with Gasteiger partial charge in [0, 0.05) is 32.0 Å². The molecule has 1 aromatic heterocycles. The van der Waals surface area contributed by atoms with E-state index in [1.807, 2.05) is 4.57 Å². The molecule has 0 unspecified atom stereocenters. The number of aromatic nitrogens is 1. The molecule has 0 aliphatic carbocycles. The second-order valence-electron chi connectivity index (χ2n) is 5.59. The van der Waals surface area contributed by atoms with Gasteiger partial charge in [-0.1, -0.05) is 0 Å². The molecule has 0 saturated carbocycles. The van der Waals surface area contributed by atoms with E-state index in [1.54, 1.807) is 7.11 Å². The molecule has 122 valence electrons. The molecule has 1 aliphatic rings. The van der Waals surface area contributed by atoms with Crippen LogP contribution in [0.3, 0.4) is 0 Å². The SMILES string of the molecule is COCCn1cc(O)c(=O)cc1CN1CCC(C(=O)O)CC1. The van der Waals surface area contributed by atoms with Crippen LogP contribution >= 0.6 is 0 Å². The fraction of sp³-hybridized carbons (Fsp3) is 0.600. The minimum absolute atomic E-state index is 0.272. The molecule has 2 N–H and O–H groups in total. The molecule has 2 heterocycles. The summed E-state index contributed by atoms with van der Waals surface area (Å²) in [6.45, 7) is 2.97. The number of rotatable bonds is 6. The number of methoxy groups -OCH3 is 1. The maximum Gasteiger partial charge on any atom is 0.306 e. The van der Waals surface area contributed by atoms with Crippen LogP contribution in [0.1, 0.15) is 18.5 Å². The number of aromatic hydroxyl groups is 1. The van der Waals surface area contributed by atoms with Crippen LogP contribution in [-0.2, 0) is 22.6 Å². The topological polar surface area (TPSA) is 92.0 Å². The molecule has 2 rings (SSSR count). The normalized spacial score (nSPS) is 16.8. The lowest BCUT2D eigenvalue weighted by molar-refractivity contribution is -0.143. The van der Waals surface area contributed by atoms with Crippen LogP contribution in [-0.4, -0.2) is 52.5 Å². The number of hydrogen-bond acceptors (Lipinski definition) is 5. The summed E-state index contributed by atoms with van der Waals surface area (Å²) >= 11 is 0. The summed E-state index contributed by atoms with van der Waals surface area (Å²) in [7, 11) is 1.60. The van der Waals surface area contributed by atoms with Gasteiger partial charge in [-0.05, 0) is 25.9 Å². The third-order valence-corrected chi connectivity index (χ3v) is 4.06. The number of piperidine rings is 1. The van der Waals surface area contributed by atoms with E-state index in [4.69, 9.17) is 9.84 Å². The Labute approximate surface area is 128 Å². The minimum Gasteiger partial charge on any atom is -0.503 e. The van der Waals surface area contributed by atoms with Crippen molar-refractivity contribution in [3.8, 4) is 5.75 Å². The Morgan fingerprint density at radius 2 is 2.09 bits per heavy atom. The van der Waals surface area contributed by atoms with E-state index in [-0.39, 0.29) is 11.7 Å². The van der Waals surface area contributed by atoms with Crippen molar-refractivity contribution in [2.24, 2.45) is 5.92 Å². The molecular weight excluding hydrogens is 288 g/mol. The third kappa shape index (κ3) is 4.08. The highest BCUT2D eigenvalue weighted by atomic mass is 16.5. The number of hydrogen-bond donors (Lipinski definition) is 2. The maximum atomic E-state index is 11.7. The summed E-state index contributed by atoms with van der Waals surface area (Å²) in [6.07, 6.45) is 2.67. The van der Waals surface area contributed by atoms with E-state index >= 15 is 0 Å². The second kappa shape index (κ2) is 7.42. The van der Waals surface area contributed by atoms with Crippen molar-refractivity contribution in [1.29, 1.82) is 0 Å². The highest BCUT2D eigenvalue weighted by Crippen LogP contribution is 2.19. The number of ether oxygens (including phenoxy) is 1. The van der Waals surface area contributed by atoms with E-state index in [2.05, 4.69) is 4.90 Å². The number of pyridine rings is 1. The summed E-state index contributed by atoms with van der Waals surface area (Å²) in [5, 5.41) is 18.6. The quantitative estimate of drug-likeness (QED) is 0.795. The van der Waals surface area contributed by atoms with Crippen LogP contribution in [0.25, 0.3) is 0 Å². The van der Waals surface area contributed by atoms with Crippen molar-refractivity contribution in [3.63, 3.8) is 0 Å². The van der Waals surface area contributed by atoms with E-state index in [0.717, 1.165) is 5.69 Å². The molecule has 1 aromatic rings. The summed E-state index contributed by atoms with van der Waals surface area (Å²) in [5.41, 5.74) is 0.401. The van der Waals surface area contributed by atoms with Gasteiger partial charge in [0.2, 0.25) is 5.43 Å². The molecule has 0 radical (unpaired) electrons. The van der Waals surface area contributed by atoms with Crippen LogP contribution in [0.4, 0.5) is 0 Å². The number of carboxylic acids is 1. The molecule has 7 nitrogen and oxygen atoms in total. The summed E-state index contributed by atoms with van der Waals surface area (Å²) in [5.74, 6) is -1.28. The molecule has 0 atom stereocenters. The fourth-order valence-electron chi connectivity index (χ4n) is 2.70. The van der Waals surface area contributed by atoms with Crippen molar-refractivity contribution in [2.45, 2.75) is 25.9 Å². The van der Waals surface area contributed by atoms with Crippen LogP contribution < -0.4 is 5.43 Å². The smallest absolute Gasteiger partial charge is 0.306 e. The number of likely N-dealkylation sites (tertiary alicyclic amines) is 1. The van der Waals surface area contributed by atoms with Crippen molar-refractivity contribution in [2.75, 3.05) is 26.8 Å². The largest absolute Gasteiger partial charge is 0.503 e. The van der Waals surface area contributed by atoms with Crippen LogP contribution in [0.15, 0.2) is 17.1 Å². The zero-order valence-electron chi connectivity index (χ0n) is 12.7. The molecule has 22 heavy (non-hydrogen) atoms. The molecule has 1 aliphatic heterocycles. The second-order valence-corrected chi connectivity index (χ2v) is 5.59. The van der Waals surface area contributed by atoms with Gasteiger partial charge in [0.25, 0.3) is 0 Å². The molecule has 0 spiro atoms. The Kier molecular flexibility index (Phi) is 5.57. The molecule has 1 fully saturated rings. The molecule has 0 bridgehead atoms. The maximum absolute atomic E-state index is 11.7. The number of aliphatic carboxylic acids is 1. The summed E-state index contributed by atoms with van der Waals surface area (Å²) in [6, 6.07) is 1.44. The van der Waals surface area contributed by atoms with E-state index in [9.17, 15) is 14.7 Å². The third-order valence-electron chi connectivity index (χ3n) is 4.06. The van der Waals surface area contributed by atoms with Crippen LogP contribution in [0, 0.1) is 5.92 Å². The van der Waals surface area contributed by atoms with E-state index in [0.29, 0.717) is 45.6 Å². The van der Waals surface area contributed by atoms with Crippen molar-refractivity contribution < 1.29 is 19.7 Å². The van der Waals surface area contributed by atoms with Crippen LogP contribution in [0.2, 0.25) is 0 Å². The number of carboxylic acid groups (broad SMARTS) is 1. The summed E-state index contributed by atoms with van der Waals surface area (Å²) in [4.78, 5) is 24.8. The van der Waals surface area contributed by atoms with Crippen LogP contribution in [0.5, 0.6) is 5.75 Å². The average Bonchev–Trinajstić information content (AvgIpc) is 2.50. The first-order valence-electron chi connectivity index (χ1n) is 7.37. The predicted molar refractivity (Wildman–Crippen MR) is 79.9 cm³/mol. The Morgan fingerprint density at radius 3 is 2.68 bits per heavy atom. The fourth-order valence-corrected chi connectivity index (χ4v) is 2.70.